The first-order valence-corrected chi connectivity index (χ1v) is 6.08. The zero-order chi connectivity index (χ0) is 13.7. The van der Waals surface area contributed by atoms with Gasteiger partial charge in [-0.3, -0.25) is 5.43 Å². The van der Waals surface area contributed by atoms with Gasteiger partial charge in [0.15, 0.2) is 0 Å². The smallest absolute Gasteiger partial charge is 0.220 e. The number of nitrogens with one attached hydrogen (secondary N) is 1. The zero-order valence-electron chi connectivity index (χ0n) is 11.1. The number of hydrogen-bond donors (Lipinski definition) is 2. The van der Waals surface area contributed by atoms with Crippen LogP contribution in [0, 0.1) is 6.92 Å². The third-order valence-corrected chi connectivity index (χ3v) is 2.51. The number of anilines is 2. The molecular weight excluding hydrogens is 238 g/mol. The van der Waals surface area contributed by atoms with Crippen molar-refractivity contribution in [2.24, 2.45) is 5.10 Å². The number of hydrogen-bond acceptors (Lipinski definition) is 5. The van der Waals surface area contributed by atoms with Gasteiger partial charge in [-0.05, 0) is 32.0 Å². The average molecular weight is 255 g/mol. The van der Waals surface area contributed by atoms with Crippen LogP contribution in [-0.4, -0.2) is 15.7 Å². The van der Waals surface area contributed by atoms with Crippen LogP contribution in [0.25, 0.3) is 0 Å². The Morgan fingerprint density at radius 3 is 2.68 bits per heavy atom. The van der Waals surface area contributed by atoms with Crippen molar-refractivity contribution in [3.8, 4) is 0 Å². The Balaban J connectivity index is 2.02. The Kier molecular flexibility index (Phi) is 4.07. The van der Waals surface area contributed by atoms with Gasteiger partial charge in [-0.15, -0.1) is 0 Å². The lowest BCUT2D eigenvalue weighted by Gasteiger charge is -2.04. The summed E-state index contributed by atoms with van der Waals surface area (Å²) in [5.41, 5.74) is 12.3. The molecular formula is C14H17N5. The van der Waals surface area contributed by atoms with Crippen LogP contribution in [0.3, 0.4) is 0 Å². The highest BCUT2D eigenvalue weighted by atomic mass is 15.3. The highest BCUT2D eigenvalue weighted by Gasteiger charge is 2.01. The number of nitrogens with two attached hydrogens (primary N) is 1. The minimum Gasteiger partial charge on any atom is -0.368 e. The molecule has 0 saturated heterocycles. The first-order valence-electron chi connectivity index (χ1n) is 6.08. The van der Waals surface area contributed by atoms with Gasteiger partial charge in [0.05, 0.1) is 11.4 Å². The van der Waals surface area contributed by atoms with E-state index in [4.69, 9.17) is 5.73 Å². The SMILES string of the molecule is C/C(Cc1cc(C)nc(N)n1)=N\Nc1ccccc1. The molecule has 1 heterocycles. The van der Waals surface area contributed by atoms with Gasteiger partial charge < -0.3 is 5.73 Å². The number of nitrogen functional groups attached to an aromatic ring is 1. The molecule has 19 heavy (non-hydrogen) atoms. The topological polar surface area (TPSA) is 76.2 Å². The fraction of sp³-hybridized carbons (Fsp3) is 0.214. The molecule has 5 heteroatoms. The van der Waals surface area contributed by atoms with E-state index in [0.29, 0.717) is 12.4 Å². The Bertz CT molecular complexity index is 557. The monoisotopic (exact) mass is 255 g/mol. The van der Waals surface area contributed by atoms with Crippen molar-refractivity contribution in [3.05, 3.63) is 47.8 Å². The lowest BCUT2D eigenvalue weighted by atomic mass is 10.2. The van der Waals surface area contributed by atoms with Gasteiger partial charge in [0, 0.05) is 17.8 Å². The van der Waals surface area contributed by atoms with Crippen molar-refractivity contribution >= 4 is 17.3 Å². The van der Waals surface area contributed by atoms with Gasteiger partial charge in [0.25, 0.3) is 0 Å². The van der Waals surface area contributed by atoms with Crippen molar-refractivity contribution < 1.29 is 0 Å². The van der Waals surface area contributed by atoms with Crippen LogP contribution in [0.1, 0.15) is 18.3 Å². The van der Waals surface area contributed by atoms with Gasteiger partial charge in [-0.1, -0.05) is 18.2 Å². The molecule has 1 aromatic heterocycles. The van der Waals surface area contributed by atoms with Crippen LogP contribution in [0.4, 0.5) is 11.6 Å². The molecule has 2 aromatic rings. The number of nitrogens with zero attached hydrogens (tertiary/aromatic N) is 3. The summed E-state index contributed by atoms with van der Waals surface area (Å²) in [5, 5.41) is 4.31. The fourth-order valence-corrected chi connectivity index (χ4v) is 1.72. The number of rotatable bonds is 4. The lowest BCUT2D eigenvalue weighted by molar-refractivity contribution is 1.04. The fourth-order valence-electron chi connectivity index (χ4n) is 1.72. The quantitative estimate of drug-likeness (QED) is 0.649. The Morgan fingerprint density at radius 2 is 2.00 bits per heavy atom. The molecule has 1 aromatic carbocycles. The second-order valence-electron chi connectivity index (χ2n) is 4.36. The molecule has 0 radical (unpaired) electrons. The molecule has 0 atom stereocenters. The van der Waals surface area contributed by atoms with E-state index in [1.54, 1.807) is 0 Å². The van der Waals surface area contributed by atoms with Crippen LogP contribution in [-0.2, 0) is 6.42 Å². The molecule has 0 bridgehead atoms. The van der Waals surface area contributed by atoms with E-state index >= 15 is 0 Å². The van der Waals surface area contributed by atoms with Crippen LogP contribution in [0.15, 0.2) is 41.5 Å². The molecule has 5 nitrogen and oxygen atoms in total. The van der Waals surface area contributed by atoms with E-state index in [-0.39, 0.29) is 0 Å². The Morgan fingerprint density at radius 1 is 1.26 bits per heavy atom. The molecule has 0 fully saturated rings. The maximum Gasteiger partial charge on any atom is 0.220 e. The Labute approximate surface area is 112 Å². The van der Waals surface area contributed by atoms with E-state index in [9.17, 15) is 0 Å². The molecule has 0 amide bonds. The summed E-state index contributed by atoms with van der Waals surface area (Å²) in [6.45, 7) is 3.85. The van der Waals surface area contributed by atoms with Crippen molar-refractivity contribution in [1.29, 1.82) is 0 Å². The van der Waals surface area contributed by atoms with Gasteiger partial charge in [-0.2, -0.15) is 5.10 Å². The largest absolute Gasteiger partial charge is 0.368 e. The molecule has 3 N–H and O–H groups in total. The van der Waals surface area contributed by atoms with Crippen LogP contribution >= 0.6 is 0 Å². The average Bonchev–Trinajstić information content (AvgIpc) is 2.36. The van der Waals surface area contributed by atoms with E-state index in [0.717, 1.165) is 22.8 Å². The minimum absolute atomic E-state index is 0.304. The van der Waals surface area contributed by atoms with Gasteiger partial charge in [-0.25, -0.2) is 9.97 Å². The summed E-state index contributed by atoms with van der Waals surface area (Å²) in [5.74, 6) is 0.304. The first-order chi connectivity index (χ1) is 9.13. The first kappa shape index (κ1) is 13.0. The Hall–Kier alpha value is -2.43. The van der Waals surface area contributed by atoms with Crippen LogP contribution in [0.2, 0.25) is 0 Å². The van der Waals surface area contributed by atoms with Crippen LogP contribution < -0.4 is 11.2 Å². The number of para-hydroxylation sites is 1. The highest BCUT2D eigenvalue weighted by molar-refractivity contribution is 5.84. The number of aryl methyl sites for hydroxylation is 1. The molecule has 0 aliphatic carbocycles. The van der Waals surface area contributed by atoms with Crippen molar-refractivity contribution in [2.75, 3.05) is 11.2 Å². The number of benzene rings is 1. The summed E-state index contributed by atoms with van der Waals surface area (Å²) >= 11 is 0. The predicted molar refractivity (Wildman–Crippen MR) is 78.1 cm³/mol. The summed E-state index contributed by atoms with van der Waals surface area (Å²) in [6, 6.07) is 11.7. The standard InChI is InChI=1S/C14H17N5/c1-10-8-13(17-14(15)16-10)9-11(2)18-19-12-6-4-3-5-7-12/h3-8,19H,9H2,1-2H3,(H2,15,16,17)/b18-11+. The summed E-state index contributed by atoms with van der Waals surface area (Å²) in [6.07, 6.45) is 0.646. The molecule has 0 saturated carbocycles. The molecule has 0 spiro atoms. The third-order valence-electron chi connectivity index (χ3n) is 2.51. The number of aromatic nitrogens is 2. The highest BCUT2D eigenvalue weighted by Crippen LogP contribution is 2.06. The molecule has 2 rings (SSSR count). The second kappa shape index (κ2) is 5.95. The lowest BCUT2D eigenvalue weighted by Crippen LogP contribution is -2.06. The molecule has 98 valence electrons. The summed E-state index contributed by atoms with van der Waals surface area (Å²) in [4.78, 5) is 8.23. The van der Waals surface area contributed by atoms with E-state index < -0.39 is 0 Å². The molecule has 0 unspecified atom stereocenters. The van der Waals surface area contributed by atoms with Crippen LogP contribution in [0.5, 0.6) is 0 Å². The van der Waals surface area contributed by atoms with Gasteiger partial charge in [0.1, 0.15) is 0 Å². The maximum atomic E-state index is 5.62. The predicted octanol–water partition coefficient (Wildman–Crippen LogP) is 2.40. The van der Waals surface area contributed by atoms with Gasteiger partial charge in [0.2, 0.25) is 5.95 Å². The summed E-state index contributed by atoms with van der Waals surface area (Å²) < 4.78 is 0. The third kappa shape index (κ3) is 4.06. The van der Waals surface area contributed by atoms with E-state index in [1.807, 2.05) is 50.2 Å². The molecule has 0 aliphatic heterocycles. The second-order valence-corrected chi connectivity index (χ2v) is 4.36. The van der Waals surface area contributed by atoms with Gasteiger partial charge >= 0.3 is 0 Å². The van der Waals surface area contributed by atoms with E-state index in [2.05, 4.69) is 20.5 Å². The number of hydrazone groups is 1. The maximum absolute atomic E-state index is 5.62. The molecule has 0 aliphatic rings. The van der Waals surface area contributed by atoms with E-state index in [1.165, 1.54) is 0 Å². The van der Waals surface area contributed by atoms with Crippen molar-refractivity contribution in [2.45, 2.75) is 20.3 Å². The minimum atomic E-state index is 0.304. The zero-order valence-corrected chi connectivity index (χ0v) is 11.1. The summed E-state index contributed by atoms with van der Waals surface area (Å²) in [7, 11) is 0. The van der Waals surface area contributed by atoms with Crippen molar-refractivity contribution in [1.82, 2.24) is 9.97 Å². The van der Waals surface area contributed by atoms with Crippen molar-refractivity contribution in [3.63, 3.8) is 0 Å². The normalized spacial score (nSPS) is 11.4.